The van der Waals surface area contributed by atoms with Gasteiger partial charge in [-0.3, -0.25) is 14.2 Å². The molecule has 0 saturated heterocycles. The summed E-state index contributed by atoms with van der Waals surface area (Å²) in [5, 5.41) is -0.444. The van der Waals surface area contributed by atoms with Gasteiger partial charge in [0.1, 0.15) is 23.0 Å². The maximum Gasteiger partial charge on any atom is 0.340 e. The summed E-state index contributed by atoms with van der Waals surface area (Å²) in [6, 6.07) is 14.6. The fourth-order valence-electron chi connectivity index (χ4n) is 3.65. The molecule has 1 N–H and O–H groups in total. The van der Waals surface area contributed by atoms with Gasteiger partial charge in [0, 0.05) is 12.6 Å². The molecule has 0 amide bonds. The number of sulfonamides is 1. The number of nitrogens with zero attached hydrogens (tertiary/aromatic N) is 2. The largest absolute Gasteiger partial charge is 0.457 e. The van der Waals surface area contributed by atoms with Crippen LogP contribution in [0.25, 0.3) is 5.69 Å². The molecule has 0 unspecified atom stereocenters. The van der Waals surface area contributed by atoms with Crippen molar-refractivity contribution in [2.75, 3.05) is 4.72 Å². The van der Waals surface area contributed by atoms with Gasteiger partial charge in [-0.05, 0) is 43.3 Å². The lowest BCUT2D eigenvalue weighted by atomic mass is 10.2. The van der Waals surface area contributed by atoms with Gasteiger partial charge >= 0.3 is 5.97 Å². The van der Waals surface area contributed by atoms with Crippen LogP contribution in [0.3, 0.4) is 0 Å². The monoisotopic (exact) mass is 597 g/mol. The quantitative estimate of drug-likeness (QED) is 0.274. The Balaban J connectivity index is 1.67. The maximum atomic E-state index is 14.0. The molecule has 0 aliphatic rings. The fraction of sp³-hybridized carbons (Fsp3) is 0.120. The van der Waals surface area contributed by atoms with E-state index in [0.29, 0.717) is 11.4 Å². The van der Waals surface area contributed by atoms with Gasteiger partial charge in [-0.25, -0.2) is 22.3 Å². The molecule has 8 nitrogen and oxygen atoms in total. The molecule has 0 aliphatic carbocycles. The number of anilines is 1. The average Bonchev–Trinajstić information content (AvgIpc) is 3.06. The molecule has 0 atom stereocenters. The molecule has 1 aromatic heterocycles. The molecule has 13 heteroatoms. The van der Waals surface area contributed by atoms with E-state index in [1.807, 2.05) is 0 Å². The lowest BCUT2D eigenvalue weighted by molar-refractivity contribution is 0.0469. The first-order chi connectivity index (χ1) is 17.9. The van der Waals surface area contributed by atoms with E-state index >= 15 is 0 Å². The van der Waals surface area contributed by atoms with E-state index in [9.17, 15) is 22.4 Å². The molecule has 0 saturated carbocycles. The van der Waals surface area contributed by atoms with Crippen molar-refractivity contribution in [3.05, 3.63) is 109 Å². The summed E-state index contributed by atoms with van der Waals surface area (Å²) in [6.07, 6.45) is 0. The highest BCUT2D eigenvalue weighted by Crippen LogP contribution is 2.31. The Morgan fingerprint density at radius 2 is 1.68 bits per heavy atom. The number of benzene rings is 3. The molecule has 38 heavy (non-hydrogen) atoms. The van der Waals surface area contributed by atoms with Gasteiger partial charge in [0.25, 0.3) is 15.6 Å². The van der Waals surface area contributed by atoms with Crippen LogP contribution in [0.15, 0.2) is 70.4 Å². The maximum absolute atomic E-state index is 14.0. The average molecular weight is 599 g/mol. The third-order valence-corrected chi connectivity index (χ3v) is 8.21. The van der Waals surface area contributed by atoms with Crippen LogP contribution in [0.2, 0.25) is 15.1 Å². The number of hydrogen-bond acceptors (Lipinski definition) is 5. The fourth-order valence-corrected chi connectivity index (χ4v) is 5.84. The van der Waals surface area contributed by atoms with Gasteiger partial charge in [0.15, 0.2) is 0 Å². The lowest BCUT2D eigenvalue weighted by Crippen LogP contribution is -2.23. The summed E-state index contributed by atoms with van der Waals surface area (Å²) >= 11 is 18.3. The second-order valence-corrected chi connectivity index (χ2v) is 11.0. The summed E-state index contributed by atoms with van der Waals surface area (Å²) in [7, 11) is -2.88. The minimum Gasteiger partial charge on any atom is -0.457 e. The van der Waals surface area contributed by atoms with Gasteiger partial charge in [0.05, 0.1) is 32.0 Å². The van der Waals surface area contributed by atoms with Crippen LogP contribution in [0, 0.1) is 12.7 Å². The molecule has 0 spiro atoms. The summed E-state index contributed by atoms with van der Waals surface area (Å²) in [5.41, 5.74) is -0.370. The molecule has 4 aromatic rings. The molecule has 4 rings (SSSR count). The Labute approximate surface area is 232 Å². The number of halogens is 4. The predicted octanol–water partition coefficient (Wildman–Crippen LogP) is 5.74. The topological polar surface area (TPSA) is 99.4 Å². The third kappa shape index (κ3) is 5.30. The molecule has 198 valence electrons. The number of carbonyl (C=O) groups is 1. The SMILES string of the molecule is Cc1c(NS(=O)(=O)c2cc(C(=O)OCc3c(F)cccc3Cl)c(Cl)cc2Cl)c(=O)n(-c2ccccc2)n1C. The van der Waals surface area contributed by atoms with Crippen molar-refractivity contribution in [2.24, 2.45) is 7.05 Å². The summed E-state index contributed by atoms with van der Waals surface area (Å²) in [5.74, 6) is -1.72. The normalized spacial score (nSPS) is 11.4. The number of para-hydroxylation sites is 1. The number of esters is 1. The number of aromatic nitrogens is 2. The zero-order valence-corrected chi connectivity index (χ0v) is 22.9. The van der Waals surface area contributed by atoms with Crippen molar-refractivity contribution in [1.29, 1.82) is 0 Å². The highest BCUT2D eigenvalue weighted by atomic mass is 35.5. The molecule has 1 heterocycles. The zero-order chi connectivity index (χ0) is 27.8. The van der Waals surface area contributed by atoms with E-state index in [2.05, 4.69) is 4.72 Å². The van der Waals surface area contributed by atoms with E-state index in [4.69, 9.17) is 39.5 Å². The van der Waals surface area contributed by atoms with Crippen LogP contribution < -0.4 is 10.3 Å². The molecule has 0 aliphatic heterocycles. The lowest BCUT2D eigenvalue weighted by Gasteiger charge is -2.12. The smallest absolute Gasteiger partial charge is 0.340 e. The highest BCUT2D eigenvalue weighted by Gasteiger charge is 2.27. The van der Waals surface area contributed by atoms with E-state index in [1.165, 1.54) is 21.5 Å². The number of hydrogen-bond donors (Lipinski definition) is 1. The van der Waals surface area contributed by atoms with Gasteiger partial charge in [0.2, 0.25) is 0 Å². The molecular formula is C25H19Cl3FN3O5S. The minimum absolute atomic E-state index is 0.0480. The molecular weight excluding hydrogens is 580 g/mol. The van der Waals surface area contributed by atoms with Crippen LogP contribution in [0.5, 0.6) is 0 Å². The Hall–Kier alpha value is -3.31. The van der Waals surface area contributed by atoms with E-state index in [0.717, 1.165) is 18.2 Å². The van der Waals surface area contributed by atoms with Gasteiger partial charge in [-0.1, -0.05) is 59.1 Å². The Bertz CT molecular complexity index is 1700. The number of rotatable bonds is 7. The van der Waals surface area contributed by atoms with Gasteiger partial charge < -0.3 is 4.74 Å². The first kappa shape index (κ1) is 27.7. The Kier molecular flexibility index (Phi) is 7.89. The number of nitrogens with one attached hydrogen (secondary N) is 1. The number of ether oxygens (including phenoxy) is 1. The second-order valence-electron chi connectivity index (χ2n) is 8.08. The Morgan fingerprint density at radius 3 is 2.34 bits per heavy atom. The zero-order valence-electron chi connectivity index (χ0n) is 19.8. The second kappa shape index (κ2) is 10.8. The first-order valence-electron chi connectivity index (χ1n) is 10.9. The van der Waals surface area contributed by atoms with E-state index < -0.39 is 38.9 Å². The first-order valence-corrected chi connectivity index (χ1v) is 13.5. The van der Waals surface area contributed by atoms with Gasteiger partial charge in [-0.2, -0.15) is 0 Å². The summed E-state index contributed by atoms with van der Waals surface area (Å²) in [4.78, 5) is 25.4. The molecule has 0 radical (unpaired) electrons. The van der Waals surface area contributed by atoms with Gasteiger partial charge in [-0.15, -0.1) is 0 Å². The van der Waals surface area contributed by atoms with Crippen LogP contribution in [0.4, 0.5) is 10.1 Å². The molecule has 3 aromatic carbocycles. The van der Waals surface area contributed by atoms with Crippen LogP contribution in [0.1, 0.15) is 21.6 Å². The standard InChI is InChI=1S/C25H19Cl3FN3O5S/c1-14-23(24(33)32(31(14)2)15-7-4-3-5-8-15)30-38(35,36)22-11-16(19(27)12-20(22)28)25(34)37-13-17-18(26)9-6-10-21(17)29/h3-12,30H,13H2,1-2H3. The molecule has 0 fully saturated rings. The van der Waals surface area contributed by atoms with Crippen molar-refractivity contribution in [1.82, 2.24) is 9.36 Å². The van der Waals surface area contributed by atoms with E-state index in [-0.39, 0.29) is 31.9 Å². The van der Waals surface area contributed by atoms with Crippen molar-refractivity contribution < 1.29 is 22.3 Å². The van der Waals surface area contributed by atoms with Crippen molar-refractivity contribution in [2.45, 2.75) is 18.4 Å². The van der Waals surface area contributed by atoms with Crippen LogP contribution in [-0.2, 0) is 28.4 Å². The van der Waals surface area contributed by atoms with Crippen LogP contribution >= 0.6 is 34.8 Å². The Morgan fingerprint density at radius 1 is 1.00 bits per heavy atom. The van der Waals surface area contributed by atoms with Crippen LogP contribution in [-0.4, -0.2) is 23.8 Å². The van der Waals surface area contributed by atoms with E-state index in [1.54, 1.807) is 44.3 Å². The number of carbonyl (C=O) groups excluding carboxylic acids is 1. The van der Waals surface area contributed by atoms with Crippen molar-refractivity contribution in [3.63, 3.8) is 0 Å². The summed E-state index contributed by atoms with van der Waals surface area (Å²) < 4.78 is 50.9. The molecule has 0 bridgehead atoms. The van der Waals surface area contributed by atoms with Crippen molar-refractivity contribution in [3.8, 4) is 5.69 Å². The highest BCUT2D eigenvalue weighted by molar-refractivity contribution is 7.92. The van der Waals surface area contributed by atoms with Crippen molar-refractivity contribution >= 4 is 56.5 Å². The minimum atomic E-state index is -4.48. The summed E-state index contributed by atoms with van der Waals surface area (Å²) in [6.45, 7) is 1.05. The predicted molar refractivity (Wildman–Crippen MR) is 144 cm³/mol. The third-order valence-electron chi connectivity index (χ3n) is 5.73.